The number of aryl methyl sites for hydroxylation is 3. The number of fused-ring (bicyclic) bond motifs is 3. The van der Waals surface area contributed by atoms with E-state index in [9.17, 15) is 14.9 Å². The topological polar surface area (TPSA) is 83.6 Å². The van der Waals surface area contributed by atoms with Crippen LogP contribution in [0, 0.1) is 24.0 Å². The quantitative estimate of drug-likeness (QED) is 0.493. The van der Waals surface area contributed by atoms with Gasteiger partial charge in [-0.25, -0.2) is 0 Å². The number of hydrogen-bond donors (Lipinski definition) is 0. The predicted octanol–water partition coefficient (Wildman–Crippen LogP) is 2.84. The van der Waals surface area contributed by atoms with Crippen molar-refractivity contribution in [2.24, 2.45) is 0 Å². The molecule has 2 aromatic rings. The Labute approximate surface area is 132 Å². The van der Waals surface area contributed by atoms with E-state index in [2.05, 4.69) is 0 Å². The molecule has 7 heteroatoms. The first-order chi connectivity index (χ1) is 10.9. The number of carbonyl (C=O) groups excluding carboxylic acids is 1. The maximum atomic E-state index is 12.0. The standard InChI is InChI=1S/C16H18N2O5/c1-8-7-11-12(14(18(20)21)15(8)22-3)9(2)13-10(16(19)23-4)5-6-17(11)13/h7,10H,5-6H2,1-4H3. The minimum Gasteiger partial charge on any atom is -0.490 e. The Morgan fingerprint density at radius 2 is 2.09 bits per heavy atom. The van der Waals surface area contributed by atoms with Gasteiger partial charge >= 0.3 is 11.7 Å². The Balaban J connectivity index is 2.40. The average molecular weight is 318 g/mol. The zero-order chi connectivity index (χ0) is 16.9. The van der Waals surface area contributed by atoms with Crippen LogP contribution in [0.5, 0.6) is 5.75 Å². The van der Waals surface area contributed by atoms with E-state index in [4.69, 9.17) is 9.47 Å². The lowest BCUT2D eigenvalue weighted by molar-refractivity contribution is -0.384. The molecule has 7 nitrogen and oxygen atoms in total. The van der Waals surface area contributed by atoms with E-state index in [1.165, 1.54) is 14.2 Å². The summed E-state index contributed by atoms with van der Waals surface area (Å²) in [6.45, 7) is 4.24. The molecular weight excluding hydrogens is 300 g/mol. The molecule has 3 rings (SSSR count). The molecule has 0 saturated carbocycles. The number of esters is 1. The molecule has 0 aliphatic carbocycles. The van der Waals surface area contributed by atoms with Gasteiger partial charge in [0.1, 0.15) is 0 Å². The summed E-state index contributed by atoms with van der Waals surface area (Å²) in [4.78, 5) is 23.2. The zero-order valence-corrected chi connectivity index (χ0v) is 13.5. The number of aromatic nitrogens is 1. The molecule has 1 atom stereocenters. The van der Waals surface area contributed by atoms with Gasteiger partial charge in [0, 0.05) is 17.8 Å². The van der Waals surface area contributed by atoms with Gasteiger partial charge in [0.25, 0.3) is 0 Å². The molecule has 0 bridgehead atoms. The van der Waals surface area contributed by atoms with E-state index >= 15 is 0 Å². The summed E-state index contributed by atoms with van der Waals surface area (Å²) in [5.41, 5.74) is 2.99. The Hall–Kier alpha value is -2.57. The Morgan fingerprint density at radius 1 is 1.39 bits per heavy atom. The van der Waals surface area contributed by atoms with E-state index in [0.29, 0.717) is 23.9 Å². The van der Waals surface area contributed by atoms with Gasteiger partial charge in [-0.3, -0.25) is 14.9 Å². The van der Waals surface area contributed by atoms with Crippen molar-refractivity contribution in [1.82, 2.24) is 4.57 Å². The molecule has 0 radical (unpaired) electrons. The summed E-state index contributed by atoms with van der Waals surface area (Å²) < 4.78 is 12.1. The molecule has 1 aromatic heterocycles. The molecule has 0 spiro atoms. The Kier molecular flexibility index (Phi) is 3.50. The summed E-state index contributed by atoms with van der Waals surface area (Å²) in [5.74, 6) is -0.413. The van der Waals surface area contributed by atoms with Crippen LogP contribution in [-0.2, 0) is 16.1 Å². The summed E-state index contributed by atoms with van der Waals surface area (Å²) in [6.07, 6.45) is 0.650. The first kappa shape index (κ1) is 15.3. The number of carbonyl (C=O) groups is 1. The van der Waals surface area contributed by atoms with Crippen LogP contribution in [0.4, 0.5) is 5.69 Å². The molecule has 122 valence electrons. The zero-order valence-electron chi connectivity index (χ0n) is 13.5. The second kappa shape index (κ2) is 5.26. The van der Waals surface area contributed by atoms with Crippen LogP contribution < -0.4 is 4.74 Å². The number of methoxy groups -OCH3 is 2. The smallest absolute Gasteiger partial charge is 0.320 e. The van der Waals surface area contributed by atoms with Crippen LogP contribution in [0.15, 0.2) is 6.07 Å². The van der Waals surface area contributed by atoms with Gasteiger partial charge < -0.3 is 14.0 Å². The average Bonchev–Trinajstić information content (AvgIpc) is 3.06. The van der Waals surface area contributed by atoms with Crippen LogP contribution in [0.3, 0.4) is 0 Å². The molecule has 0 N–H and O–H groups in total. The van der Waals surface area contributed by atoms with Crippen molar-refractivity contribution in [3.63, 3.8) is 0 Å². The predicted molar refractivity (Wildman–Crippen MR) is 84.0 cm³/mol. The first-order valence-corrected chi connectivity index (χ1v) is 7.34. The highest BCUT2D eigenvalue weighted by Gasteiger charge is 2.37. The van der Waals surface area contributed by atoms with Gasteiger partial charge in [0.15, 0.2) is 0 Å². The maximum Gasteiger partial charge on any atom is 0.320 e. The van der Waals surface area contributed by atoms with Crippen LogP contribution >= 0.6 is 0 Å². The number of nitro benzene ring substituents is 1. The van der Waals surface area contributed by atoms with E-state index in [0.717, 1.165) is 16.8 Å². The number of rotatable bonds is 3. The minimum absolute atomic E-state index is 0.0366. The minimum atomic E-state index is -0.413. The number of nitrogens with zero attached hydrogens (tertiary/aromatic N) is 2. The number of hydrogen-bond acceptors (Lipinski definition) is 5. The van der Waals surface area contributed by atoms with Crippen molar-refractivity contribution in [1.29, 1.82) is 0 Å². The lowest BCUT2D eigenvalue weighted by atomic mass is 9.98. The van der Waals surface area contributed by atoms with Crippen LogP contribution in [0.25, 0.3) is 10.9 Å². The summed E-state index contributed by atoms with van der Waals surface area (Å²) >= 11 is 0. The molecular formula is C16H18N2O5. The number of ether oxygens (including phenoxy) is 2. The molecule has 2 heterocycles. The highest BCUT2D eigenvalue weighted by molar-refractivity contribution is 5.98. The van der Waals surface area contributed by atoms with Gasteiger partial charge in [0.05, 0.1) is 36.0 Å². The molecule has 23 heavy (non-hydrogen) atoms. The first-order valence-electron chi connectivity index (χ1n) is 7.34. The van der Waals surface area contributed by atoms with Crippen molar-refractivity contribution in [3.05, 3.63) is 33.0 Å². The third kappa shape index (κ3) is 1.99. The number of benzene rings is 1. The molecule has 1 aliphatic heterocycles. The second-order valence-corrected chi connectivity index (χ2v) is 5.75. The van der Waals surface area contributed by atoms with Crippen molar-refractivity contribution in [3.8, 4) is 5.75 Å². The SMILES string of the molecule is COC(=O)C1CCn2c1c(C)c1c([N+](=O)[O-])c(OC)c(C)cc12. The van der Waals surface area contributed by atoms with Gasteiger partial charge in [-0.05, 0) is 31.9 Å². The normalized spacial score (nSPS) is 16.4. The molecule has 1 unspecified atom stereocenters. The van der Waals surface area contributed by atoms with E-state index in [1.807, 2.05) is 17.6 Å². The molecule has 1 aliphatic rings. The van der Waals surface area contributed by atoms with E-state index in [-0.39, 0.29) is 23.3 Å². The van der Waals surface area contributed by atoms with Crippen molar-refractivity contribution >= 4 is 22.6 Å². The third-order valence-corrected chi connectivity index (χ3v) is 4.60. The summed E-state index contributed by atoms with van der Waals surface area (Å²) in [5, 5.41) is 12.2. The maximum absolute atomic E-state index is 12.0. The van der Waals surface area contributed by atoms with Crippen molar-refractivity contribution < 1.29 is 19.2 Å². The number of nitro groups is 1. The lowest BCUT2D eigenvalue weighted by Gasteiger charge is -2.09. The molecule has 0 saturated heterocycles. The van der Waals surface area contributed by atoms with Crippen molar-refractivity contribution in [2.75, 3.05) is 14.2 Å². The van der Waals surface area contributed by atoms with Crippen LogP contribution in [0.2, 0.25) is 0 Å². The fraction of sp³-hybridized carbons (Fsp3) is 0.438. The van der Waals surface area contributed by atoms with Gasteiger partial charge in [-0.1, -0.05) is 0 Å². The molecule has 0 amide bonds. The summed E-state index contributed by atoms with van der Waals surface area (Å²) in [7, 11) is 2.79. The second-order valence-electron chi connectivity index (χ2n) is 5.75. The fourth-order valence-corrected chi connectivity index (χ4v) is 3.70. The van der Waals surface area contributed by atoms with Gasteiger partial charge in [0.2, 0.25) is 5.75 Å². The van der Waals surface area contributed by atoms with E-state index < -0.39 is 4.92 Å². The highest BCUT2D eigenvalue weighted by atomic mass is 16.6. The van der Waals surface area contributed by atoms with Crippen LogP contribution in [0.1, 0.15) is 29.2 Å². The Bertz CT molecular complexity index is 837. The summed E-state index contributed by atoms with van der Waals surface area (Å²) in [6, 6.07) is 1.89. The monoisotopic (exact) mass is 318 g/mol. The molecule has 0 fully saturated rings. The lowest BCUT2D eigenvalue weighted by Crippen LogP contribution is -2.12. The fourth-order valence-electron chi connectivity index (χ4n) is 3.70. The van der Waals surface area contributed by atoms with Crippen molar-refractivity contribution in [2.45, 2.75) is 32.7 Å². The largest absolute Gasteiger partial charge is 0.490 e. The third-order valence-electron chi connectivity index (χ3n) is 4.60. The van der Waals surface area contributed by atoms with Gasteiger partial charge in [-0.15, -0.1) is 0 Å². The molecule has 1 aromatic carbocycles. The van der Waals surface area contributed by atoms with Crippen LogP contribution in [-0.4, -0.2) is 29.7 Å². The van der Waals surface area contributed by atoms with Gasteiger partial charge in [-0.2, -0.15) is 0 Å². The van der Waals surface area contributed by atoms with E-state index in [1.54, 1.807) is 6.92 Å². The highest BCUT2D eigenvalue weighted by Crippen LogP contribution is 2.46. The Morgan fingerprint density at radius 3 is 2.65 bits per heavy atom.